The van der Waals surface area contributed by atoms with Gasteiger partial charge >= 0.3 is 0 Å². The molecule has 0 saturated heterocycles. The lowest BCUT2D eigenvalue weighted by molar-refractivity contribution is 0.586. The van der Waals surface area contributed by atoms with Crippen molar-refractivity contribution in [3.63, 3.8) is 0 Å². The third-order valence-electron chi connectivity index (χ3n) is 3.16. The van der Waals surface area contributed by atoms with Crippen LogP contribution in [0.2, 0.25) is 0 Å². The zero-order chi connectivity index (χ0) is 16.1. The van der Waals surface area contributed by atoms with E-state index < -0.39 is 19.7 Å². The predicted molar refractivity (Wildman–Crippen MR) is 87.9 cm³/mol. The van der Waals surface area contributed by atoms with Crippen molar-refractivity contribution in [1.29, 1.82) is 0 Å². The highest BCUT2D eigenvalue weighted by atomic mass is 32.2. The zero-order valence-electron chi connectivity index (χ0n) is 12.1. The van der Waals surface area contributed by atoms with E-state index in [0.29, 0.717) is 11.1 Å². The van der Waals surface area contributed by atoms with Crippen LogP contribution in [-0.2, 0) is 31.2 Å². The van der Waals surface area contributed by atoms with Gasteiger partial charge in [-0.15, -0.1) is 0 Å². The minimum Gasteiger partial charge on any atom is -0.228 e. The van der Waals surface area contributed by atoms with Crippen LogP contribution in [0.1, 0.15) is 11.1 Å². The molecule has 0 atom stereocenters. The van der Waals surface area contributed by atoms with E-state index in [1.165, 1.54) is 0 Å². The number of rotatable bonds is 7. The van der Waals surface area contributed by atoms with Gasteiger partial charge in [0.05, 0.1) is 23.0 Å². The van der Waals surface area contributed by atoms with Gasteiger partial charge in [-0.2, -0.15) is 0 Å². The quantitative estimate of drug-likeness (QED) is 0.776. The number of sulfone groups is 2. The molecule has 0 radical (unpaired) electrons. The Balaban J connectivity index is 1.96. The zero-order valence-corrected chi connectivity index (χ0v) is 13.7. The van der Waals surface area contributed by atoms with Crippen LogP contribution in [0.15, 0.2) is 60.7 Å². The van der Waals surface area contributed by atoms with Gasteiger partial charge in [-0.05, 0) is 11.1 Å². The Kier molecular flexibility index (Phi) is 5.37. The van der Waals surface area contributed by atoms with Crippen molar-refractivity contribution in [2.75, 3.05) is 11.5 Å². The normalized spacial score (nSPS) is 12.2. The Morgan fingerprint density at radius 3 is 1.18 bits per heavy atom. The van der Waals surface area contributed by atoms with E-state index in [-0.39, 0.29) is 23.0 Å². The number of hydrogen-bond donors (Lipinski definition) is 0. The smallest absolute Gasteiger partial charge is 0.155 e. The Bertz CT molecular complexity index is 724. The van der Waals surface area contributed by atoms with Gasteiger partial charge in [0.1, 0.15) is 0 Å². The van der Waals surface area contributed by atoms with Crippen LogP contribution in [0, 0.1) is 0 Å². The van der Waals surface area contributed by atoms with Crippen LogP contribution in [0.5, 0.6) is 0 Å². The maximum absolute atomic E-state index is 12.0. The third kappa shape index (κ3) is 5.61. The monoisotopic (exact) mass is 338 g/mol. The predicted octanol–water partition coefficient (Wildman–Crippen LogP) is 2.22. The topological polar surface area (TPSA) is 68.3 Å². The van der Waals surface area contributed by atoms with E-state index >= 15 is 0 Å². The van der Waals surface area contributed by atoms with Gasteiger partial charge in [0.25, 0.3) is 0 Å². The molecule has 0 heterocycles. The van der Waals surface area contributed by atoms with Crippen molar-refractivity contribution < 1.29 is 16.8 Å². The first-order valence-electron chi connectivity index (χ1n) is 6.85. The maximum atomic E-state index is 12.0. The minimum absolute atomic E-state index is 0.130. The molecule has 0 aromatic heterocycles. The minimum atomic E-state index is -3.44. The van der Waals surface area contributed by atoms with E-state index in [2.05, 4.69) is 0 Å². The molecule has 2 aromatic rings. The molecule has 0 unspecified atom stereocenters. The van der Waals surface area contributed by atoms with Crippen LogP contribution >= 0.6 is 0 Å². The molecule has 0 N–H and O–H groups in total. The van der Waals surface area contributed by atoms with Gasteiger partial charge < -0.3 is 0 Å². The summed E-state index contributed by atoms with van der Waals surface area (Å²) in [5, 5.41) is 0. The molecule has 0 aliphatic heterocycles. The fourth-order valence-corrected chi connectivity index (χ4v) is 5.78. The molecule has 22 heavy (non-hydrogen) atoms. The summed E-state index contributed by atoms with van der Waals surface area (Å²) in [5.74, 6) is -0.961. The molecular formula is C16H18O4S2. The molecule has 0 bridgehead atoms. The van der Waals surface area contributed by atoms with Crippen molar-refractivity contribution >= 4 is 19.7 Å². The summed E-state index contributed by atoms with van der Waals surface area (Å²) in [7, 11) is -6.88. The summed E-state index contributed by atoms with van der Waals surface area (Å²) >= 11 is 0. The lowest BCUT2D eigenvalue weighted by Crippen LogP contribution is -2.19. The van der Waals surface area contributed by atoms with Gasteiger partial charge in [0.15, 0.2) is 19.7 Å². The highest BCUT2D eigenvalue weighted by molar-refractivity contribution is 7.94. The van der Waals surface area contributed by atoms with Crippen LogP contribution in [0.4, 0.5) is 0 Å². The molecule has 2 rings (SSSR count). The summed E-state index contributed by atoms with van der Waals surface area (Å²) in [6, 6.07) is 17.5. The second-order valence-corrected chi connectivity index (χ2v) is 9.52. The van der Waals surface area contributed by atoms with Crippen LogP contribution in [-0.4, -0.2) is 28.3 Å². The fourth-order valence-electron chi connectivity index (χ4n) is 2.05. The summed E-state index contributed by atoms with van der Waals surface area (Å²) in [6.07, 6.45) is 0. The van der Waals surface area contributed by atoms with Crippen molar-refractivity contribution in [3.8, 4) is 0 Å². The molecule has 0 spiro atoms. The van der Waals surface area contributed by atoms with Crippen molar-refractivity contribution in [3.05, 3.63) is 71.8 Å². The molecule has 118 valence electrons. The van der Waals surface area contributed by atoms with E-state index in [0.717, 1.165) is 0 Å². The van der Waals surface area contributed by atoms with Gasteiger partial charge in [-0.1, -0.05) is 60.7 Å². The Morgan fingerprint density at radius 2 is 0.864 bits per heavy atom. The first-order chi connectivity index (χ1) is 10.4. The average Bonchev–Trinajstić information content (AvgIpc) is 2.47. The molecular weight excluding hydrogens is 320 g/mol. The van der Waals surface area contributed by atoms with Crippen molar-refractivity contribution in [2.45, 2.75) is 11.5 Å². The van der Waals surface area contributed by atoms with Crippen molar-refractivity contribution in [1.82, 2.24) is 0 Å². The van der Waals surface area contributed by atoms with E-state index in [1.54, 1.807) is 60.7 Å². The van der Waals surface area contributed by atoms with Crippen LogP contribution in [0.25, 0.3) is 0 Å². The molecule has 0 saturated carbocycles. The standard InChI is InChI=1S/C16H18O4S2/c17-21(18,13-15-7-3-1-4-8-15)11-12-22(19,20)14-16-9-5-2-6-10-16/h1-10H,11-14H2. The average molecular weight is 338 g/mol. The first-order valence-corrected chi connectivity index (χ1v) is 10.5. The Labute approximate surface area is 131 Å². The van der Waals surface area contributed by atoms with Gasteiger partial charge in [-0.25, -0.2) is 16.8 Å². The molecule has 2 aromatic carbocycles. The summed E-state index contributed by atoms with van der Waals surface area (Å²) < 4.78 is 48.1. The SMILES string of the molecule is O=S(=O)(CCS(=O)(=O)Cc1ccccc1)Cc1ccccc1. The van der Waals surface area contributed by atoms with Gasteiger partial charge in [-0.3, -0.25) is 0 Å². The second-order valence-electron chi connectivity index (χ2n) is 5.16. The van der Waals surface area contributed by atoms with Gasteiger partial charge in [0, 0.05) is 0 Å². The Morgan fingerprint density at radius 1 is 0.545 bits per heavy atom. The molecule has 0 amide bonds. The highest BCUT2D eigenvalue weighted by Gasteiger charge is 2.19. The molecule has 6 heteroatoms. The molecule has 0 aliphatic carbocycles. The van der Waals surface area contributed by atoms with E-state index in [4.69, 9.17) is 0 Å². The second kappa shape index (κ2) is 7.07. The fraction of sp³-hybridized carbons (Fsp3) is 0.250. The third-order valence-corrected chi connectivity index (χ3v) is 6.62. The summed E-state index contributed by atoms with van der Waals surface area (Å²) in [4.78, 5) is 0. The lowest BCUT2D eigenvalue weighted by Gasteiger charge is -2.06. The number of benzene rings is 2. The first kappa shape index (κ1) is 16.7. The summed E-state index contributed by atoms with van der Waals surface area (Å²) in [6.45, 7) is 0. The summed E-state index contributed by atoms with van der Waals surface area (Å²) in [5.41, 5.74) is 1.34. The van der Waals surface area contributed by atoms with Gasteiger partial charge in [0.2, 0.25) is 0 Å². The van der Waals surface area contributed by atoms with E-state index in [1.807, 2.05) is 0 Å². The molecule has 4 nitrogen and oxygen atoms in total. The highest BCUT2D eigenvalue weighted by Crippen LogP contribution is 2.10. The molecule has 0 fully saturated rings. The largest absolute Gasteiger partial charge is 0.228 e. The van der Waals surface area contributed by atoms with Crippen LogP contribution in [0.3, 0.4) is 0 Å². The Hall–Kier alpha value is -1.66. The van der Waals surface area contributed by atoms with Crippen molar-refractivity contribution in [2.24, 2.45) is 0 Å². The number of hydrogen-bond acceptors (Lipinski definition) is 4. The van der Waals surface area contributed by atoms with Crippen LogP contribution < -0.4 is 0 Å². The lowest BCUT2D eigenvalue weighted by atomic mass is 10.2. The molecule has 0 aliphatic rings. The van der Waals surface area contributed by atoms with E-state index in [9.17, 15) is 16.8 Å². The maximum Gasteiger partial charge on any atom is 0.155 e.